The van der Waals surface area contributed by atoms with Gasteiger partial charge in [0.05, 0.1) is 12.9 Å². The van der Waals surface area contributed by atoms with E-state index in [1.54, 1.807) is 13.4 Å². The highest BCUT2D eigenvalue weighted by molar-refractivity contribution is 14.0. The molecule has 0 aromatic carbocycles. The average Bonchev–Trinajstić information content (AvgIpc) is 2.95. The monoisotopic (exact) mass is 410 g/mol. The van der Waals surface area contributed by atoms with Crippen LogP contribution in [0.15, 0.2) is 27.8 Å². The maximum atomic E-state index is 5.26. The van der Waals surface area contributed by atoms with E-state index in [0.29, 0.717) is 6.54 Å². The summed E-state index contributed by atoms with van der Waals surface area (Å²) < 4.78 is 10.3. The van der Waals surface area contributed by atoms with E-state index in [9.17, 15) is 0 Å². The fraction of sp³-hybridized carbons (Fsp3) is 0.643. The summed E-state index contributed by atoms with van der Waals surface area (Å²) in [6, 6.07) is 3.79. The van der Waals surface area contributed by atoms with E-state index in [-0.39, 0.29) is 24.0 Å². The van der Waals surface area contributed by atoms with Crippen molar-refractivity contribution in [3.05, 3.63) is 24.2 Å². The van der Waals surface area contributed by atoms with Gasteiger partial charge in [-0.3, -0.25) is 0 Å². The summed E-state index contributed by atoms with van der Waals surface area (Å²) in [7, 11) is 3.80. The van der Waals surface area contributed by atoms with Crippen LogP contribution in [0.2, 0.25) is 0 Å². The molecule has 2 N–H and O–H groups in total. The van der Waals surface area contributed by atoms with Crippen LogP contribution >= 0.6 is 24.0 Å². The fourth-order valence-electron chi connectivity index (χ4n) is 1.63. The standard InChI is InChI=1S/C14H26N4O2.HI/c1-4-15-14(17-12-13-6-5-10-20-13)16-7-8-18(2)9-11-19-3;/h5-6,10H,4,7-9,11-12H2,1-3H3,(H2,15,16,17);1H. The molecule has 1 heterocycles. The molecule has 6 nitrogen and oxygen atoms in total. The molecule has 1 aromatic rings. The predicted octanol–water partition coefficient (Wildman–Crippen LogP) is 1.53. The van der Waals surface area contributed by atoms with Crippen LogP contribution in [0, 0.1) is 0 Å². The van der Waals surface area contributed by atoms with Gasteiger partial charge in [0.15, 0.2) is 5.96 Å². The van der Waals surface area contributed by atoms with Gasteiger partial charge in [0.2, 0.25) is 0 Å². The second kappa shape index (κ2) is 12.9. The van der Waals surface area contributed by atoms with E-state index in [1.165, 1.54) is 0 Å². The van der Waals surface area contributed by atoms with Crippen molar-refractivity contribution in [1.29, 1.82) is 0 Å². The number of methoxy groups -OCH3 is 1. The number of halogens is 1. The molecule has 0 aliphatic heterocycles. The third-order valence-corrected chi connectivity index (χ3v) is 2.78. The Morgan fingerprint density at radius 3 is 2.81 bits per heavy atom. The van der Waals surface area contributed by atoms with Crippen LogP contribution in [0.5, 0.6) is 0 Å². The van der Waals surface area contributed by atoms with Crippen LogP contribution in [0.4, 0.5) is 0 Å². The lowest BCUT2D eigenvalue weighted by Gasteiger charge is -2.17. The van der Waals surface area contributed by atoms with E-state index in [0.717, 1.165) is 44.5 Å². The largest absolute Gasteiger partial charge is 0.467 e. The number of nitrogens with one attached hydrogen (secondary N) is 2. The molecular weight excluding hydrogens is 383 g/mol. The van der Waals surface area contributed by atoms with Crippen LogP contribution in [0.1, 0.15) is 12.7 Å². The van der Waals surface area contributed by atoms with Crippen LogP contribution in [-0.2, 0) is 11.3 Å². The first kappa shape index (κ1) is 20.2. The summed E-state index contributed by atoms with van der Waals surface area (Å²) in [5.41, 5.74) is 0. The molecule has 0 aliphatic carbocycles. The smallest absolute Gasteiger partial charge is 0.191 e. The molecule has 0 bridgehead atoms. The topological polar surface area (TPSA) is 62.0 Å². The number of furan rings is 1. The zero-order valence-corrected chi connectivity index (χ0v) is 15.4. The lowest BCUT2D eigenvalue weighted by atomic mass is 10.4. The summed E-state index contributed by atoms with van der Waals surface area (Å²) in [6.07, 6.45) is 1.66. The third kappa shape index (κ3) is 9.70. The Morgan fingerprint density at radius 1 is 1.38 bits per heavy atom. The average molecular weight is 410 g/mol. The maximum absolute atomic E-state index is 5.26. The van der Waals surface area contributed by atoms with Crippen molar-refractivity contribution in [3.63, 3.8) is 0 Å². The zero-order chi connectivity index (χ0) is 14.6. The van der Waals surface area contributed by atoms with Gasteiger partial charge in [-0.15, -0.1) is 24.0 Å². The quantitative estimate of drug-likeness (QED) is 0.368. The molecule has 0 atom stereocenters. The molecule has 122 valence electrons. The number of rotatable bonds is 9. The number of hydrogen-bond acceptors (Lipinski definition) is 4. The molecule has 0 radical (unpaired) electrons. The molecule has 0 amide bonds. The molecule has 21 heavy (non-hydrogen) atoms. The van der Waals surface area contributed by atoms with Gasteiger partial charge in [-0.25, -0.2) is 4.99 Å². The number of guanidine groups is 1. The summed E-state index contributed by atoms with van der Waals surface area (Å²) >= 11 is 0. The minimum atomic E-state index is 0. The summed E-state index contributed by atoms with van der Waals surface area (Å²) in [4.78, 5) is 6.69. The highest BCUT2D eigenvalue weighted by Gasteiger charge is 2.01. The van der Waals surface area contributed by atoms with E-state index >= 15 is 0 Å². The molecule has 0 unspecified atom stereocenters. The summed E-state index contributed by atoms with van der Waals surface area (Å²) in [5, 5.41) is 6.52. The van der Waals surface area contributed by atoms with Crippen molar-refractivity contribution < 1.29 is 9.15 Å². The number of hydrogen-bond donors (Lipinski definition) is 2. The lowest BCUT2D eigenvalue weighted by molar-refractivity contribution is 0.162. The second-order valence-corrected chi connectivity index (χ2v) is 4.50. The Bertz CT molecular complexity index is 371. The van der Waals surface area contributed by atoms with Crippen molar-refractivity contribution in [2.45, 2.75) is 13.5 Å². The fourth-order valence-corrected chi connectivity index (χ4v) is 1.63. The first-order valence-electron chi connectivity index (χ1n) is 6.98. The number of likely N-dealkylation sites (N-methyl/N-ethyl adjacent to an activating group) is 1. The molecule has 7 heteroatoms. The second-order valence-electron chi connectivity index (χ2n) is 4.50. The Hall–Kier alpha value is -0.800. The normalized spacial score (nSPS) is 11.3. The first-order chi connectivity index (χ1) is 9.76. The molecule has 0 spiro atoms. The van der Waals surface area contributed by atoms with Crippen LogP contribution in [-0.4, -0.2) is 57.8 Å². The Kier molecular flexibility index (Phi) is 12.4. The molecule has 1 aromatic heterocycles. The SMILES string of the molecule is CCNC(=NCc1ccco1)NCCN(C)CCOC.I. The Labute approximate surface area is 144 Å². The van der Waals surface area contributed by atoms with Gasteiger partial charge >= 0.3 is 0 Å². The number of ether oxygens (including phenoxy) is 1. The summed E-state index contributed by atoms with van der Waals surface area (Å²) in [6.45, 7) is 6.89. The Morgan fingerprint density at radius 2 is 2.19 bits per heavy atom. The van der Waals surface area contributed by atoms with Gasteiger partial charge < -0.3 is 24.7 Å². The van der Waals surface area contributed by atoms with E-state index in [4.69, 9.17) is 9.15 Å². The van der Waals surface area contributed by atoms with Crippen molar-refractivity contribution >= 4 is 29.9 Å². The highest BCUT2D eigenvalue weighted by Crippen LogP contribution is 2.00. The van der Waals surface area contributed by atoms with Crippen LogP contribution in [0.3, 0.4) is 0 Å². The lowest BCUT2D eigenvalue weighted by Crippen LogP contribution is -2.41. The molecule has 0 fully saturated rings. The molecule has 0 saturated heterocycles. The van der Waals surface area contributed by atoms with Gasteiger partial charge in [0.1, 0.15) is 12.3 Å². The molecular formula is C14H27IN4O2. The zero-order valence-electron chi connectivity index (χ0n) is 13.1. The number of aliphatic imine (C=N–C) groups is 1. The van der Waals surface area contributed by atoms with Gasteiger partial charge in [-0.1, -0.05) is 0 Å². The molecule has 0 saturated carbocycles. The number of nitrogens with zero attached hydrogens (tertiary/aromatic N) is 2. The van der Waals surface area contributed by atoms with Crippen LogP contribution < -0.4 is 10.6 Å². The third-order valence-electron chi connectivity index (χ3n) is 2.78. The minimum absolute atomic E-state index is 0. The Balaban J connectivity index is 0.00000400. The van der Waals surface area contributed by atoms with E-state index < -0.39 is 0 Å². The molecule has 0 aliphatic rings. The van der Waals surface area contributed by atoms with Gasteiger partial charge in [-0.05, 0) is 26.1 Å². The van der Waals surface area contributed by atoms with E-state index in [1.807, 2.05) is 12.1 Å². The first-order valence-corrected chi connectivity index (χ1v) is 6.98. The van der Waals surface area contributed by atoms with Gasteiger partial charge in [-0.2, -0.15) is 0 Å². The minimum Gasteiger partial charge on any atom is -0.467 e. The van der Waals surface area contributed by atoms with Crippen LogP contribution in [0.25, 0.3) is 0 Å². The summed E-state index contributed by atoms with van der Waals surface area (Å²) in [5.74, 6) is 1.67. The highest BCUT2D eigenvalue weighted by atomic mass is 127. The maximum Gasteiger partial charge on any atom is 0.191 e. The van der Waals surface area contributed by atoms with Crippen molar-refractivity contribution in [1.82, 2.24) is 15.5 Å². The van der Waals surface area contributed by atoms with E-state index in [2.05, 4.69) is 34.5 Å². The van der Waals surface area contributed by atoms with Crippen molar-refractivity contribution in [3.8, 4) is 0 Å². The molecule has 1 rings (SSSR count). The van der Waals surface area contributed by atoms with Gasteiger partial charge in [0, 0.05) is 33.3 Å². The van der Waals surface area contributed by atoms with Crippen molar-refractivity contribution in [2.75, 3.05) is 46.9 Å². The predicted molar refractivity (Wildman–Crippen MR) is 96.3 cm³/mol. The van der Waals surface area contributed by atoms with Gasteiger partial charge in [0.25, 0.3) is 0 Å². The van der Waals surface area contributed by atoms with Crippen molar-refractivity contribution in [2.24, 2.45) is 4.99 Å².